The second-order valence-corrected chi connectivity index (χ2v) is 6.64. The van der Waals surface area contributed by atoms with Crippen molar-refractivity contribution < 1.29 is 8.81 Å². The van der Waals surface area contributed by atoms with Crippen LogP contribution in [0.4, 0.5) is 4.39 Å². The lowest BCUT2D eigenvalue weighted by atomic mass is 10.2. The highest BCUT2D eigenvalue weighted by Crippen LogP contribution is 2.29. The summed E-state index contributed by atoms with van der Waals surface area (Å²) < 4.78 is 18.8. The molecule has 130 valence electrons. The summed E-state index contributed by atoms with van der Waals surface area (Å²) in [7, 11) is 0. The van der Waals surface area contributed by atoms with Crippen molar-refractivity contribution in [1.29, 1.82) is 5.26 Å². The number of nitriles is 1. The molecule has 2 aromatic heterocycles. The van der Waals surface area contributed by atoms with Gasteiger partial charge in [-0.15, -0.1) is 11.3 Å². The average Bonchev–Trinajstić information content (AvgIpc) is 3.37. The third-order valence-electron chi connectivity index (χ3n) is 3.97. The van der Waals surface area contributed by atoms with Crippen LogP contribution < -0.4 is 0 Å². The Hall–Kier alpha value is -3.49. The Labute approximate surface area is 159 Å². The van der Waals surface area contributed by atoms with E-state index < -0.39 is 0 Å². The summed E-state index contributed by atoms with van der Waals surface area (Å²) in [5.74, 6) is 0.861. The molecule has 0 saturated carbocycles. The predicted molar refractivity (Wildman–Crippen MR) is 105 cm³/mol. The van der Waals surface area contributed by atoms with Crippen LogP contribution in [0.2, 0.25) is 0 Å². The van der Waals surface area contributed by atoms with E-state index in [1.807, 2.05) is 35.7 Å². The van der Waals surface area contributed by atoms with Gasteiger partial charge in [0, 0.05) is 22.6 Å². The Morgan fingerprint density at radius 1 is 1.00 bits per heavy atom. The second-order valence-electron chi connectivity index (χ2n) is 5.78. The molecule has 0 fully saturated rings. The summed E-state index contributed by atoms with van der Waals surface area (Å²) in [6, 6.07) is 21.7. The molecule has 0 amide bonds. The number of aromatic nitrogens is 1. The number of rotatable bonds is 4. The van der Waals surface area contributed by atoms with Gasteiger partial charge >= 0.3 is 0 Å². The van der Waals surface area contributed by atoms with Gasteiger partial charge in [0.05, 0.1) is 11.3 Å². The second kappa shape index (κ2) is 7.40. The SMILES string of the molecule is N#C/C(=C\c1ccc(-c2ccc(F)cc2)o1)c1nc(-c2ccccc2)cs1. The van der Waals surface area contributed by atoms with Crippen LogP contribution in [0.25, 0.3) is 34.2 Å². The van der Waals surface area contributed by atoms with Crippen molar-refractivity contribution in [3.8, 4) is 28.7 Å². The number of halogens is 1. The Balaban J connectivity index is 1.62. The van der Waals surface area contributed by atoms with Crippen molar-refractivity contribution in [2.45, 2.75) is 0 Å². The first-order chi connectivity index (χ1) is 13.2. The lowest BCUT2D eigenvalue weighted by Gasteiger charge is -1.96. The Bertz CT molecular complexity index is 1140. The first kappa shape index (κ1) is 17.0. The molecule has 0 saturated heterocycles. The van der Waals surface area contributed by atoms with Gasteiger partial charge in [-0.2, -0.15) is 5.26 Å². The smallest absolute Gasteiger partial charge is 0.134 e. The van der Waals surface area contributed by atoms with E-state index >= 15 is 0 Å². The van der Waals surface area contributed by atoms with Crippen LogP contribution in [0, 0.1) is 17.1 Å². The van der Waals surface area contributed by atoms with Gasteiger partial charge < -0.3 is 4.42 Å². The molecule has 0 aliphatic rings. The molecular formula is C22H13FN2OS. The van der Waals surface area contributed by atoms with Gasteiger partial charge in [0.2, 0.25) is 0 Å². The van der Waals surface area contributed by atoms with Crippen molar-refractivity contribution in [3.05, 3.63) is 88.7 Å². The molecular weight excluding hydrogens is 359 g/mol. The standard InChI is InChI=1S/C22H13FN2OS/c23-18-8-6-16(7-9-18)21-11-10-19(26-21)12-17(13-24)22-25-20(14-27-22)15-4-2-1-3-5-15/h1-12,14H/b17-12+. The predicted octanol–water partition coefficient (Wildman–Crippen LogP) is 6.27. The molecule has 0 spiro atoms. The third-order valence-corrected chi connectivity index (χ3v) is 4.84. The van der Waals surface area contributed by atoms with E-state index in [-0.39, 0.29) is 5.82 Å². The topological polar surface area (TPSA) is 49.8 Å². The normalized spacial score (nSPS) is 11.3. The van der Waals surface area contributed by atoms with Crippen LogP contribution in [-0.2, 0) is 0 Å². The minimum absolute atomic E-state index is 0.296. The maximum Gasteiger partial charge on any atom is 0.134 e. The van der Waals surface area contributed by atoms with Gasteiger partial charge in [0.15, 0.2) is 0 Å². The molecule has 0 bridgehead atoms. The Morgan fingerprint density at radius 2 is 1.78 bits per heavy atom. The molecule has 0 aliphatic carbocycles. The Kier molecular flexibility index (Phi) is 4.65. The molecule has 4 rings (SSSR count). The lowest BCUT2D eigenvalue weighted by Crippen LogP contribution is -1.82. The summed E-state index contributed by atoms with van der Waals surface area (Å²) in [5.41, 5.74) is 3.05. The van der Waals surface area contributed by atoms with Crippen LogP contribution in [0.5, 0.6) is 0 Å². The van der Waals surface area contributed by atoms with Crippen LogP contribution in [0.3, 0.4) is 0 Å². The van der Waals surface area contributed by atoms with Crippen LogP contribution in [0.1, 0.15) is 10.8 Å². The highest BCUT2D eigenvalue weighted by molar-refractivity contribution is 7.11. The highest BCUT2D eigenvalue weighted by atomic mass is 32.1. The maximum absolute atomic E-state index is 13.1. The fourth-order valence-electron chi connectivity index (χ4n) is 2.62. The van der Waals surface area contributed by atoms with Gasteiger partial charge in [0.25, 0.3) is 0 Å². The maximum atomic E-state index is 13.1. The third kappa shape index (κ3) is 3.71. The first-order valence-electron chi connectivity index (χ1n) is 8.22. The molecule has 0 atom stereocenters. The van der Waals surface area contributed by atoms with Gasteiger partial charge in [0.1, 0.15) is 28.4 Å². The lowest BCUT2D eigenvalue weighted by molar-refractivity contribution is 0.571. The number of thiazole rings is 1. The van der Waals surface area contributed by atoms with E-state index in [2.05, 4.69) is 11.1 Å². The highest BCUT2D eigenvalue weighted by Gasteiger charge is 2.11. The quantitative estimate of drug-likeness (QED) is 0.397. The van der Waals surface area contributed by atoms with Crippen molar-refractivity contribution in [1.82, 2.24) is 4.98 Å². The minimum Gasteiger partial charge on any atom is -0.457 e. The minimum atomic E-state index is -0.296. The van der Waals surface area contributed by atoms with E-state index in [1.54, 1.807) is 30.3 Å². The van der Waals surface area contributed by atoms with E-state index in [4.69, 9.17) is 4.42 Å². The zero-order chi connectivity index (χ0) is 18.6. The largest absolute Gasteiger partial charge is 0.457 e. The summed E-state index contributed by atoms with van der Waals surface area (Å²) in [6.07, 6.45) is 1.67. The van der Waals surface area contributed by atoms with Crippen LogP contribution in [-0.4, -0.2) is 4.98 Å². The molecule has 0 aliphatic heterocycles. The zero-order valence-electron chi connectivity index (χ0n) is 14.1. The van der Waals surface area contributed by atoms with Gasteiger partial charge in [-0.25, -0.2) is 9.37 Å². The fraction of sp³-hybridized carbons (Fsp3) is 0. The number of allylic oxidation sites excluding steroid dienone is 1. The molecule has 5 heteroatoms. The Morgan fingerprint density at radius 3 is 2.52 bits per heavy atom. The molecule has 27 heavy (non-hydrogen) atoms. The summed E-state index contributed by atoms with van der Waals surface area (Å²) in [6.45, 7) is 0. The van der Waals surface area contributed by atoms with Crippen molar-refractivity contribution >= 4 is 23.0 Å². The van der Waals surface area contributed by atoms with Crippen LogP contribution >= 0.6 is 11.3 Å². The molecule has 2 aromatic carbocycles. The van der Waals surface area contributed by atoms with Crippen molar-refractivity contribution in [2.24, 2.45) is 0 Å². The van der Waals surface area contributed by atoms with Gasteiger partial charge in [-0.1, -0.05) is 30.3 Å². The summed E-state index contributed by atoms with van der Waals surface area (Å²) >= 11 is 1.42. The fourth-order valence-corrected chi connectivity index (χ4v) is 3.42. The number of nitrogens with zero attached hydrogens (tertiary/aromatic N) is 2. The number of hydrogen-bond donors (Lipinski definition) is 0. The molecule has 0 unspecified atom stereocenters. The van der Waals surface area contributed by atoms with E-state index in [0.717, 1.165) is 16.8 Å². The van der Waals surface area contributed by atoms with E-state index in [1.165, 1.54) is 23.5 Å². The van der Waals surface area contributed by atoms with Gasteiger partial charge in [-0.05, 0) is 36.4 Å². The van der Waals surface area contributed by atoms with E-state index in [9.17, 15) is 9.65 Å². The van der Waals surface area contributed by atoms with Crippen molar-refractivity contribution in [3.63, 3.8) is 0 Å². The monoisotopic (exact) mass is 372 g/mol. The summed E-state index contributed by atoms with van der Waals surface area (Å²) in [4.78, 5) is 4.57. The average molecular weight is 372 g/mol. The first-order valence-corrected chi connectivity index (χ1v) is 9.10. The molecule has 0 N–H and O–H groups in total. The molecule has 2 heterocycles. The number of furan rings is 1. The molecule has 4 aromatic rings. The zero-order valence-corrected chi connectivity index (χ0v) is 14.9. The molecule has 0 radical (unpaired) electrons. The van der Waals surface area contributed by atoms with E-state index in [0.29, 0.717) is 22.1 Å². The van der Waals surface area contributed by atoms with Crippen molar-refractivity contribution in [2.75, 3.05) is 0 Å². The van der Waals surface area contributed by atoms with Gasteiger partial charge in [-0.3, -0.25) is 0 Å². The summed E-state index contributed by atoms with van der Waals surface area (Å²) in [5, 5.41) is 12.1. The van der Waals surface area contributed by atoms with Crippen LogP contribution in [0.15, 0.2) is 76.5 Å². The number of hydrogen-bond acceptors (Lipinski definition) is 4. The number of benzene rings is 2. The molecule has 3 nitrogen and oxygen atoms in total.